The number of thiophene rings is 1. The number of rotatable bonds is 1. The van der Waals surface area contributed by atoms with Crippen molar-refractivity contribution in [3.63, 3.8) is 0 Å². The normalized spacial score (nSPS) is 11.8. The quantitative estimate of drug-likeness (QED) is 0.658. The minimum Gasteiger partial charge on any atom is -0.391 e. The van der Waals surface area contributed by atoms with E-state index < -0.39 is 7.14 Å². The fraction of sp³-hybridized carbons (Fsp3) is 0.333. The highest BCUT2D eigenvalue weighted by Crippen LogP contribution is 2.37. The molecule has 1 aromatic heterocycles. The van der Waals surface area contributed by atoms with Crippen molar-refractivity contribution in [2.75, 3.05) is 19.1 Å². The summed E-state index contributed by atoms with van der Waals surface area (Å²) >= 11 is 1.41. The molecule has 4 heteroatoms. The van der Waals surface area contributed by atoms with Crippen LogP contribution >= 0.6 is 18.5 Å². The summed E-state index contributed by atoms with van der Waals surface area (Å²) in [7, 11) is -2.06. The molecule has 1 rings (SSSR count). The number of hydrogen-bond acceptors (Lipinski definition) is 3. The summed E-state index contributed by atoms with van der Waals surface area (Å²) in [4.78, 5) is 0. The highest BCUT2D eigenvalue weighted by atomic mass is 32.1. The zero-order chi connectivity index (χ0) is 7.78. The second-order valence-electron chi connectivity index (χ2n) is 2.53. The first-order valence-electron chi connectivity index (χ1n) is 2.91. The fourth-order valence-electron chi connectivity index (χ4n) is 0.632. The van der Waals surface area contributed by atoms with E-state index >= 15 is 0 Å². The van der Waals surface area contributed by atoms with Crippen LogP contribution in [0.2, 0.25) is 0 Å². The third-order valence-electron chi connectivity index (χ3n) is 1.14. The molecule has 10 heavy (non-hydrogen) atoms. The molecule has 0 atom stereocenters. The molecular formula is C6H10NOPS. The topological polar surface area (TPSA) is 43.1 Å². The molecule has 0 unspecified atom stereocenters. The molecule has 2 nitrogen and oxygen atoms in total. The average Bonchev–Trinajstić information content (AvgIpc) is 2.11. The van der Waals surface area contributed by atoms with Crippen molar-refractivity contribution in [2.24, 2.45) is 0 Å². The molecule has 0 saturated heterocycles. The highest BCUT2D eigenvalue weighted by molar-refractivity contribution is 7.75. The Kier molecular flexibility index (Phi) is 1.88. The predicted molar refractivity (Wildman–Crippen MR) is 47.8 cm³/mol. The van der Waals surface area contributed by atoms with Gasteiger partial charge in [0.1, 0.15) is 7.14 Å². The third kappa shape index (κ3) is 1.61. The molecule has 0 radical (unpaired) electrons. The van der Waals surface area contributed by atoms with Crippen LogP contribution < -0.4 is 10.4 Å². The summed E-state index contributed by atoms with van der Waals surface area (Å²) in [5, 5.41) is 0.735. The van der Waals surface area contributed by atoms with Crippen molar-refractivity contribution in [3.8, 4) is 0 Å². The van der Waals surface area contributed by atoms with Crippen LogP contribution in [0.3, 0.4) is 0 Å². The van der Waals surface area contributed by atoms with Gasteiger partial charge in [-0.05, 0) is 25.5 Å². The van der Waals surface area contributed by atoms with Gasteiger partial charge in [-0.25, -0.2) is 0 Å². The van der Waals surface area contributed by atoms with Gasteiger partial charge in [0, 0.05) is 0 Å². The minimum absolute atomic E-state index is 0.735. The van der Waals surface area contributed by atoms with Gasteiger partial charge in [0.15, 0.2) is 0 Å². The van der Waals surface area contributed by atoms with Crippen LogP contribution in [0.1, 0.15) is 0 Å². The smallest absolute Gasteiger partial charge is 0.119 e. The van der Waals surface area contributed by atoms with Crippen molar-refractivity contribution >= 4 is 28.1 Å². The van der Waals surface area contributed by atoms with Crippen molar-refractivity contribution in [2.45, 2.75) is 0 Å². The van der Waals surface area contributed by atoms with Gasteiger partial charge in [-0.1, -0.05) is 0 Å². The molecule has 0 amide bonds. The zero-order valence-electron chi connectivity index (χ0n) is 6.00. The molecule has 0 spiro atoms. The van der Waals surface area contributed by atoms with E-state index in [-0.39, 0.29) is 0 Å². The summed E-state index contributed by atoms with van der Waals surface area (Å²) in [6, 6.07) is 3.63. The summed E-state index contributed by atoms with van der Waals surface area (Å²) in [5.41, 5.74) is 5.47. The lowest BCUT2D eigenvalue weighted by atomic mass is 10.6. The lowest BCUT2D eigenvalue weighted by molar-refractivity contribution is 0.588. The first-order chi connectivity index (χ1) is 4.50. The molecule has 1 heterocycles. The molecule has 0 aliphatic carbocycles. The lowest BCUT2D eigenvalue weighted by Crippen LogP contribution is -1.93. The Balaban J connectivity index is 3.08. The molecule has 2 N–H and O–H groups in total. The van der Waals surface area contributed by atoms with E-state index in [0.29, 0.717) is 0 Å². The van der Waals surface area contributed by atoms with Gasteiger partial charge in [-0.2, -0.15) is 0 Å². The van der Waals surface area contributed by atoms with Crippen molar-refractivity contribution < 1.29 is 4.57 Å². The Morgan fingerprint density at radius 1 is 1.50 bits per heavy atom. The highest BCUT2D eigenvalue weighted by Gasteiger charge is 2.12. The van der Waals surface area contributed by atoms with E-state index in [9.17, 15) is 4.57 Å². The molecular weight excluding hydrogens is 165 g/mol. The van der Waals surface area contributed by atoms with Crippen molar-refractivity contribution in [1.29, 1.82) is 0 Å². The number of nitrogens with two attached hydrogens (primary N) is 1. The third-order valence-corrected chi connectivity index (χ3v) is 4.66. The Labute approximate surface area is 64.4 Å². The summed E-state index contributed by atoms with van der Waals surface area (Å²) < 4.78 is 12.3. The molecule has 0 saturated carbocycles. The summed E-state index contributed by atoms with van der Waals surface area (Å²) in [6.07, 6.45) is 0. The Hall–Kier alpha value is -0.270. The van der Waals surface area contributed by atoms with Crippen LogP contribution in [0, 0.1) is 0 Å². The van der Waals surface area contributed by atoms with Crippen molar-refractivity contribution in [1.82, 2.24) is 0 Å². The number of nitrogen functional groups attached to an aromatic ring is 1. The second-order valence-corrected chi connectivity index (χ2v) is 7.13. The maximum atomic E-state index is 11.4. The Morgan fingerprint density at radius 3 is 2.30 bits per heavy atom. The maximum Gasteiger partial charge on any atom is 0.119 e. The van der Waals surface area contributed by atoms with Gasteiger partial charge in [0.25, 0.3) is 0 Å². The van der Waals surface area contributed by atoms with Gasteiger partial charge in [0.05, 0.1) is 9.62 Å². The molecule has 1 aromatic rings. The van der Waals surface area contributed by atoms with Gasteiger partial charge in [-0.3, -0.25) is 0 Å². The lowest BCUT2D eigenvalue weighted by Gasteiger charge is -1.99. The summed E-state index contributed by atoms with van der Waals surface area (Å²) in [6.45, 7) is 3.50. The SMILES string of the molecule is CP(C)(=O)c1ccc(N)s1. The van der Waals surface area contributed by atoms with Crippen molar-refractivity contribution in [3.05, 3.63) is 12.1 Å². The van der Waals surface area contributed by atoms with E-state index in [4.69, 9.17) is 5.73 Å². The fourth-order valence-corrected chi connectivity index (χ4v) is 2.77. The van der Waals surface area contributed by atoms with Crippen LogP contribution in [0.25, 0.3) is 0 Å². The maximum absolute atomic E-state index is 11.4. The Morgan fingerprint density at radius 2 is 2.10 bits per heavy atom. The molecule has 0 aliphatic rings. The molecule has 0 aromatic carbocycles. The van der Waals surface area contributed by atoms with E-state index in [1.54, 1.807) is 19.4 Å². The van der Waals surface area contributed by atoms with Gasteiger partial charge in [-0.15, -0.1) is 11.3 Å². The van der Waals surface area contributed by atoms with E-state index in [0.717, 1.165) is 9.62 Å². The van der Waals surface area contributed by atoms with E-state index in [2.05, 4.69) is 0 Å². The summed E-state index contributed by atoms with van der Waals surface area (Å²) in [5.74, 6) is 0. The van der Waals surface area contributed by atoms with Crippen LogP contribution in [0.15, 0.2) is 12.1 Å². The van der Waals surface area contributed by atoms with E-state index in [1.807, 2.05) is 6.07 Å². The van der Waals surface area contributed by atoms with Gasteiger partial charge >= 0.3 is 0 Å². The average molecular weight is 175 g/mol. The monoisotopic (exact) mass is 175 g/mol. The molecule has 0 bridgehead atoms. The second kappa shape index (κ2) is 2.40. The largest absolute Gasteiger partial charge is 0.391 e. The first-order valence-corrected chi connectivity index (χ1v) is 6.33. The Bertz CT molecular complexity index is 275. The minimum atomic E-state index is -2.06. The van der Waals surface area contributed by atoms with Crippen LogP contribution in [-0.2, 0) is 4.57 Å². The molecule has 56 valence electrons. The van der Waals surface area contributed by atoms with Crippen LogP contribution in [0.4, 0.5) is 5.00 Å². The number of hydrogen-bond donors (Lipinski definition) is 1. The van der Waals surface area contributed by atoms with Crippen LogP contribution in [-0.4, -0.2) is 13.3 Å². The van der Waals surface area contributed by atoms with E-state index in [1.165, 1.54) is 11.3 Å². The molecule has 0 aliphatic heterocycles. The first kappa shape index (κ1) is 7.83. The van der Waals surface area contributed by atoms with Crippen LogP contribution in [0.5, 0.6) is 0 Å². The molecule has 0 fully saturated rings. The van der Waals surface area contributed by atoms with Gasteiger partial charge < -0.3 is 10.3 Å². The predicted octanol–water partition coefficient (Wildman–Crippen LogP) is 1.58. The standard InChI is InChI=1S/C6H10NOPS/c1-9(2,8)6-4-3-5(7)10-6/h3-4H,7H2,1-2H3. The number of anilines is 1. The van der Waals surface area contributed by atoms with Gasteiger partial charge in [0.2, 0.25) is 0 Å². The zero-order valence-corrected chi connectivity index (χ0v) is 7.71.